The number of anilines is 1. The van der Waals surface area contributed by atoms with Crippen LogP contribution >= 0.6 is 0 Å². The summed E-state index contributed by atoms with van der Waals surface area (Å²) in [5, 5.41) is 4.26. The first-order valence-electron chi connectivity index (χ1n) is 12.8. The van der Waals surface area contributed by atoms with Crippen LogP contribution in [0.5, 0.6) is 0 Å². The number of hydrogen-bond acceptors (Lipinski definition) is 6. The first-order chi connectivity index (χ1) is 17.9. The number of pyridine rings is 3. The molecule has 0 unspecified atom stereocenters. The molecule has 0 spiro atoms. The van der Waals surface area contributed by atoms with Crippen molar-refractivity contribution in [1.82, 2.24) is 29.3 Å². The number of amides is 1. The molecule has 0 bridgehead atoms. The van der Waals surface area contributed by atoms with E-state index in [1.54, 1.807) is 25.2 Å². The minimum absolute atomic E-state index is 0.00432. The predicted molar refractivity (Wildman–Crippen MR) is 148 cm³/mol. The Hall–Kier alpha value is -3.78. The third-order valence-electron chi connectivity index (χ3n) is 7.49. The summed E-state index contributed by atoms with van der Waals surface area (Å²) in [5.74, 6) is 0.419. The summed E-state index contributed by atoms with van der Waals surface area (Å²) in [6.45, 7) is 4.98. The number of piperidine rings is 1. The lowest BCUT2D eigenvalue weighted by Crippen LogP contribution is -2.33. The Balaban J connectivity index is 1.29. The molecule has 192 valence electrons. The molecule has 1 aliphatic rings. The zero-order chi connectivity index (χ0) is 26.1. The Bertz CT molecular complexity index is 1420. The molecule has 37 heavy (non-hydrogen) atoms. The van der Waals surface area contributed by atoms with Gasteiger partial charge in [-0.15, -0.1) is 0 Å². The van der Waals surface area contributed by atoms with E-state index in [-0.39, 0.29) is 5.91 Å². The summed E-state index contributed by atoms with van der Waals surface area (Å²) in [7, 11) is 7.54. The predicted octanol–water partition coefficient (Wildman–Crippen LogP) is 4.46. The summed E-state index contributed by atoms with van der Waals surface area (Å²) in [4.78, 5) is 30.4. The normalized spacial score (nSPS) is 14.7. The van der Waals surface area contributed by atoms with Crippen molar-refractivity contribution in [2.75, 3.05) is 39.5 Å². The van der Waals surface area contributed by atoms with E-state index in [9.17, 15) is 4.79 Å². The molecule has 1 fully saturated rings. The highest BCUT2D eigenvalue weighted by Crippen LogP contribution is 2.32. The van der Waals surface area contributed by atoms with Gasteiger partial charge in [0, 0.05) is 75.4 Å². The number of nitrogens with one attached hydrogen (secondary N) is 1. The molecule has 4 aromatic heterocycles. The minimum atomic E-state index is -0.00432. The van der Waals surface area contributed by atoms with Crippen molar-refractivity contribution < 1.29 is 4.79 Å². The molecule has 5 heterocycles. The summed E-state index contributed by atoms with van der Waals surface area (Å²) in [6, 6.07) is 10.4. The second kappa shape index (κ2) is 10.3. The van der Waals surface area contributed by atoms with E-state index in [0.717, 1.165) is 71.7 Å². The van der Waals surface area contributed by atoms with Crippen LogP contribution in [-0.2, 0) is 13.6 Å². The van der Waals surface area contributed by atoms with Crippen LogP contribution in [0.2, 0.25) is 0 Å². The Morgan fingerprint density at radius 1 is 1.08 bits per heavy atom. The molecule has 0 radical (unpaired) electrons. The largest absolute Gasteiger partial charge is 0.387 e. The lowest BCUT2D eigenvalue weighted by Gasteiger charge is -2.32. The van der Waals surface area contributed by atoms with Gasteiger partial charge in [0.2, 0.25) is 0 Å². The molecule has 0 atom stereocenters. The Kier molecular flexibility index (Phi) is 6.93. The highest BCUT2D eigenvalue weighted by molar-refractivity contribution is 5.94. The first kappa shape index (κ1) is 24.9. The Morgan fingerprint density at radius 3 is 2.51 bits per heavy atom. The van der Waals surface area contributed by atoms with E-state index in [0.29, 0.717) is 11.5 Å². The molecule has 0 aromatic carbocycles. The van der Waals surface area contributed by atoms with Crippen LogP contribution in [0.3, 0.4) is 0 Å². The fraction of sp³-hybridized carbons (Fsp3) is 0.379. The third kappa shape index (κ3) is 4.93. The van der Waals surface area contributed by atoms with Gasteiger partial charge in [-0.25, -0.2) is 4.98 Å². The molecule has 0 aliphatic carbocycles. The van der Waals surface area contributed by atoms with E-state index < -0.39 is 0 Å². The van der Waals surface area contributed by atoms with Crippen molar-refractivity contribution in [3.8, 4) is 11.3 Å². The summed E-state index contributed by atoms with van der Waals surface area (Å²) >= 11 is 0. The number of aromatic nitrogens is 4. The lowest BCUT2D eigenvalue weighted by molar-refractivity contribution is 0.0827. The maximum absolute atomic E-state index is 12.3. The molecule has 8 heteroatoms. The minimum Gasteiger partial charge on any atom is -0.387 e. The van der Waals surface area contributed by atoms with E-state index in [4.69, 9.17) is 4.98 Å². The van der Waals surface area contributed by atoms with Gasteiger partial charge < -0.3 is 14.8 Å². The maximum atomic E-state index is 12.3. The van der Waals surface area contributed by atoms with Crippen molar-refractivity contribution in [3.63, 3.8) is 0 Å². The van der Waals surface area contributed by atoms with Gasteiger partial charge in [-0.2, -0.15) is 0 Å². The second-order valence-electron chi connectivity index (χ2n) is 10.1. The van der Waals surface area contributed by atoms with Crippen LogP contribution in [-0.4, -0.2) is 69.5 Å². The molecule has 8 nitrogen and oxygen atoms in total. The van der Waals surface area contributed by atoms with Crippen molar-refractivity contribution in [2.24, 2.45) is 7.05 Å². The molecular formula is C29H35N7O. The van der Waals surface area contributed by atoms with Gasteiger partial charge >= 0.3 is 0 Å². The highest BCUT2D eigenvalue weighted by atomic mass is 16.2. The van der Waals surface area contributed by atoms with E-state index in [1.807, 2.05) is 37.6 Å². The topological polar surface area (TPSA) is 79.2 Å². The summed E-state index contributed by atoms with van der Waals surface area (Å²) in [6.07, 6.45) is 7.58. The Labute approximate surface area is 218 Å². The fourth-order valence-corrected chi connectivity index (χ4v) is 5.33. The van der Waals surface area contributed by atoms with Crippen molar-refractivity contribution >= 4 is 22.6 Å². The third-order valence-corrected chi connectivity index (χ3v) is 7.49. The van der Waals surface area contributed by atoms with Gasteiger partial charge in [0.25, 0.3) is 5.91 Å². The molecule has 1 aliphatic heterocycles. The molecule has 1 saturated heterocycles. The van der Waals surface area contributed by atoms with Crippen LogP contribution < -0.4 is 5.32 Å². The van der Waals surface area contributed by atoms with Gasteiger partial charge in [0.1, 0.15) is 5.65 Å². The molecular weight excluding hydrogens is 462 g/mol. The zero-order valence-corrected chi connectivity index (χ0v) is 22.3. The monoisotopic (exact) mass is 497 g/mol. The van der Waals surface area contributed by atoms with Crippen LogP contribution in [0, 0.1) is 6.92 Å². The first-order valence-corrected chi connectivity index (χ1v) is 12.8. The quantitative estimate of drug-likeness (QED) is 0.424. The van der Waals surface area contributed by atoms with Crippen molar-refractivity contribution in [1.29, 1.82) is 0 Å². The highest BCUT2D eigenvalue weighted by Gasteiger charge is 2.25. The second-order valence-corrected chi connectivity index (χ2v) is 10.1. The number of fused-ring (bicyclic) bond motifs is 1. The lowest BCUT2D eigenvalue weighted by atomic mass is 9.90. The molecule has 0 saturated carbocycles. The zero-order valence-electron chi connectivity index (χ0n) is 22.3. The SMILES string of the molecule is CNc1ccc(-c2ccnc3c2cc(CN2CCC(c4ncc(C(=O)N(C)C)cc4C)CC2)n3C)nc1. The number of carbonyl (C=O) groups is 1. The Morgan fingerprint density at radius 2 is 1.86 bits per heavy atom. The number of hydrogen-bond donors (Lipinski definition) is 1. The number of aryl methyl sites for hydroxylation is 2. The summed E-state index contributed by atoms with van der Waals surface area (Å²) < 4.78 is 2.21. The standard InChI is InChI=1S/C29H35N7O/c1-19-14-21(29(37)34(3)4)16-33-27(19)20-9-12-36(13-10-20)18-23-15-25-24(8-11-31-28(25)35(23)5)26-7-6-22(30-2)17-32-26/h6-8,11,14-17,20,30H,9-10,12-13,18H2,1-5H3. The van der Waals surface area contributed by atoms with Crippen LogP contribution in [0.1, 0.15) is 46.1 Å². The van der Waals surface area contributed by atoms with E-state index in [2.05, 4.69) is 50.9 Å². The number of nitrogens with zero attached hydrogens (tertiary/aromatic N) is 6. The summed E-state index contributed by atoms with van der Waals surface area (Å²) in [5.41, 5.74) is 8.17. The number of rotatable bonds is 6. The van der Waals surface area contributed by atoms with Gasteiger partial charge in [0.15, 0.2) is 0 Å². The average Bonchev–Trinajstić information content (AvgIpc) is 3.23. The fourth-order valence-electron chi connectivity index (χ4n) is 5.33. The van der Waals surface area contributed by atoms with Gasteiger partial charge in [-0.05, 0) is 68.8 Å². The molecule has 1 N–H and O–H groups in total. The van der Waals surface area contributed by atoms with Crippen LogP contribution in [0.15, 0.2) is 48.9 Å². The van der Waals surface area contributed by atoms with Gasteiger partial charge in [-0.3, -0.25) is 19.7 Å². The molecule has 4 aromatic rings. The van der Waals surface area contributed by atoms with Gasteiger partial charge in [-0.1, -0.05) is 0 Å². The molecule has 1 amide bonds. The van der Waals surface area contributed by atoms with Crippen molar-refractivity contribution in [3.05, 3.63) is 71.4 Å². The van der Waals surface area contributed by atoms with E-state index >= 15 is 0 Å². The van der Waals surface area contributed by atoms with E-state index in [1.165, 1.54) is 5.69 Å². The number of likely N-dealkylation sites (tertiary alicyclic amines) is 1. The smallest absolute Gasteiger partial charge is 0.254 e. The van der Waals surface area contributed by atoms with Crippen LogP contribution in [0.25, 0.3) is 22.3 Å². The average molecular weight is 498 g/mol. The van der Waals surface area contributed by atoms with Gasteiger partial charge in [0.05, 0.1) is 23.1 Å². The van der Waals surface area contributed by atoms with Crippen molar-refractivity contribution in [2.45, 2.75) is 32.2 Å². The molecule has 5 rings (SSSR count). The van der Waals surface area contributed by atoms with Crippen LogP contribution in [0.4, 0.5) is 5.69 Å². The number of carbonyl (C=O) groups excluding carboxylic acids is 1. The maximum Gasteiger partial charge on any atom is 0.254 e.